The number of carbonyl (C=O) groups is 2. The number of halogens is 1. The van der Waals surface area contributed by atoms with Gasteiger partial charge < -0.3 is 10.1 Å². The zero-order valence-corrected chi connectivity index (χ0v) is 8.33. The number of hydrogen-bond acceptors (Lipinski definition) is 3. The second-order valence-electron chi connectivity index (χ2n) is 2.82. The van der Waals surface area contributed by atoms with Crippen molar-refractivity contribution in [2.75, 3.05) is 7.05 Å². The van der Waals surface area contributed by atoms with Crippen molar-refractivity contribution < 1.29 is 18.7 Å². The first-order chi connectivity index (χ1) is 7.04. The van der Waals surface area contributed by atoms with Gasteiger partial charge in [-0.25, -0.2) is 4.39 Å². The number of amides is 1. The summed E-state index contributed by atoms with van der Waals surface area (Å²) >= 11 is 0. The lowest BCUT2D eigenvalue weighted by molar-refractivity contribution is -0.132. The van der Waals surface area contributed by atoms with E-state index < -0.39 is 17.7 Å². The highest BCUT2D eigenvalue weighted by Crippen LogP contribution is 2.18. The molecule has 15 heavy (non-hydrogen) atoms. The molecule has 1 aromatic carbocycles. The van der Waals surface area contributed by atoms with Gasteiger partial charge in [-0.15, -0.1) is 0 Å². The van der Waals surface area contributed by atoms with Crippen LogP contribution in [0.3, 0.4) is 0 Å². The molecule has 80 valence electrons. The molecule has 0 heterocycles. The van der Waals surface area contributed by atoms with Crippen LogP contribution >= 0.6 is 0 Å². The number of ether oxygens (including phenoxy) is 1. The Morgan fingerprint density at radius 1 is 1.40 bits per heavy atom. The van der Waals surface area contributed by atoms with E-state index in [2.05, 4.69) is 10.1 Å². The van der Waals surface area contributed by atoms with Crippen molar-refractivity contribution in [1.29, 1.82) is 0 Å². The lowest BCUT2D eigenvalue weighted by Gasteiger charge is -2.04. The molecular weight excluding hydrogens is 201 g/mol. The standard InChI is InChI=1S/C10H10FNO3/c1-6(13)15-9-4-3-7(5-8(9)11)10(14)12-2/h3-5H,1-2H3,(H,12,14). The first-order valence-corrected chi connectivity index (χ1v) is 4.24. The minimum Gasteiger partial charge on any atom is -0.424 e. The monoisotopic (exact) mass is 211 g/mol. The zero-order valence-electron chi connectivity index (χ0n) is 8.33. The highest BCUT2D eigenvalue weighted by atomic mass is 19.1. The molecule has 0 radical (unpaired) electrons. The Kier molecular flexibility index (Phi) is 3.38. The Bertz CT molecular complexity index is 404. The van der Waals surface area contributed by atoms with Crippen LogP contribution in [0, 0.1) is 5.82 Å². The zero-order chi connectivity index (χ0) is 11.4. The molecule has 0 spiro atoms. The van der Waals surface area contributed by atoms with Crippen molar-refractivity contribution in [3.63, 3.8) is 0 Å². The summed E-state index contributed by atoms with van der Waals surface area (Å²) in [5, 5.41) is 2.36. The predicted octanol–water partition coefficient (Wildman–Crippen LogP) is 1.11. The minimum absolute atomic E-state index is 0.172. The fourth-order valence-corrected chi connectivity index (χ4v) is 1.02. The fourth-order valence-electron chi connectivity index (χ4n) is 1.02. The maximum atomic E-state index is 13.2. The van der Waals surface area contributed by atoms with Crippen LogP contribution in [-0.2, 0) is 4.79 Å². The molecule has 0 atom stereocenters. The summed E-state index contributed by atoms with van der Waals surface area (Å²) in [6.45, 7) is 1.17. The molecule has 0 aliphatic heterocycles. The Morgan fingerprint density at radius 3 is 2.53 bits per heavy atom. The number of benzene rings is 1. The molecule has 0 saturated heterocycles. The molecule has 0 aliphatic rings. The van der Waals surface area contributed by atoms with Gasteiger partial charge in [-0.2, -0.15) is 0 Å². The van der Waals surface area contributed by atoms with Gasteiger partial charge >= 0.3 is 5.97 Å². The van der Waals surface area contributed by atoms with Crippen LogP contribution in [0.2, 0.25) is 0 Å². The summed E-state index contributed by atoms with van der Waals surface area (Å²) in [6, 6.07) is 3.62. The van der Waals surface area contributed by atoms with E-state index in [-0.39, 0.29) is 11.3 Å². The first kappa shape index (κ1) is 11.2. The Morgan fingerprint density at radius 2 is 2.07 bits per heavy atom. The summed E-state index contributed by atoms with van der Waals surface area (Å²) in [5.41, 5.74) is 0.172. The lowest BCUT2D eigenvalue weighted by atomic mass is 10.2. The second-order valence-corrected chi connectivity index (χ2v) is 2.82. The molecule has 1 rings (SSSR count). The van der Waals surface area contributed by atoms with Gasteiger partial charge in [0.15, 0.2) is 11.6 Å². The summed E-state index contributed by atoms with van der Waals surface area (Å²) < 4.78 is 17.8. The van der Waals surface area contributed by atoms with E-state index in [9.17, 15) is 14.0 Å². The molecule has 0 bridgehead atoms. The van der Waals surface area contributed by atoms with Gasteiger partial charge in [-0.3, -0.25) is 9.59 Å². The van der Waals surface area contributed by atoms with E-state index in [4.69, 9.17) is 0 Å². The highest BCUT2D eigenvalue weighted by Gasteiger charge is 2.10. The van der Waals surface area contributed by atoms with Crippen LogP contribution in [0.25, 0.3) is 0 Å². The van der Waals surface area contributed by atoms with Gasteiger partial charge in [-0.05, 0) is 18.2 Å². The molecular formula is C10H10FNO3. The number of nitrogens with one attached hydrogen (secondary N) is 1. The largest absolute Gasteiger partial charge is 0.424 e. The maximum absolute atomic E-state index is 13.2. The SMILES string of the molecule is CNC(=O)c1ccc(OC(C)=O)c(F)c1. The Hall–Kier alpha value is -1.91. The Labute approximate surface area is 86.0 Å². The minimum atomic E-state index is -0.744. The van der Waals surface area contributed by atoms with Gasteiger partial charge in [0.25, 0.3) is 5.91 Å². The third kappa shape index (κ3) is 2.77. The third-order valence-corrected chi connectivity index (χ3v) is 1.67. The van der Waals surface area contributed by atoms with Crippen molar-refractivity contribution in [1.82, 2.24) is 5.32 Å². The second kappa shape index (κ2) is 4.54. The molecule has 0 fully saturated rings. The summed E-state index contributed by atoms with van der Waals surface area (Å²) in [6.07, 6.45) is 0. The van der Waals surface area contributed by atoms with Crippen molar-refractivity contribution in [3.05, 3.63) is 29.6 Å². The normalized spacial score (nSPS) is 9.53. The number of carbonyl (C=O) groups excluding carboxylic acids is 2. The van der Waals surface area contributed by atoms with Crippen molar-refractivity contribution in [3.8, 4) is 5.75 Å². The average molecular weight is 211 g/mol. The van der Waals surface area contributed by atoms with Crippen LogP contribution < -0.4 is 10.1 Å². The van der Waals surface area contributed by atoms with Crippen molar-refractivity contribution in [2.45, 2.75) is 6.92 Å². The van der Waals surface area contributed by atoms with E-state index in [0.29, 0.717) is 0 Å². The highest BCUT2D eigenvalue weighted by molar-refractivity contribution is 5.94. The quantitative estimate of drug-likeness (QED) is 0.589. The van der Waals surface area contributed by atoms with Crippen LogP contribution in [0.15, 0.2) is 18.2 Å². The number of hydrogen-bond donors (Lipinski definition) is 1. The molecule has 1 amide bonds. The topological polar surface area (TPSA) is 55.4 Å². The molecule has 1 aromatic rings. The molecule has 4 nitrogen and oxygen atoms in total. The molecule has 5 heteroatoms. The van der Waals surface area contributed by atoms with Crippen LogP contribution in [0.4, 0.5) is 4.39 Å². The molecule has 0 aliphatic carbocycles. The summed E-state index contributed by atoms with van der Waals surface area (Å²) in [7, 11) is 1.44. The predicted molar refractivity (Wildman–Crippen MR) is 51.1 cm³/mol. The summed E-state index contributed by atoms with van der Waals surface area (Å²) in [5.74, 6) is -1.94. The molecule has 0 unspecified atom stereocenters. The van der Waals surface area contributed by atoms with E-state index in [1.165, 1.54) is 26.1 Å². The third-order valence-electron chi connectivity index (χ3n) is 1.67. The molecule has 0 aromatic heterocycles. The van der Waals surface area contributed by atoms with Crippen molar-refractivity contribution >= 4 is 11.9 Å². The Balaban J connectivity index is 2.97. The van der Waals surface area contributed by atoms with E-state index in [1.807, 2.05) is 0 Å². The van der Waals surface area contributed by atoms with E-state index in [1.54, 1.807) is 0 Å². The van der Waals surface area contributed by atoms with Crippen LogP contribution in [-0.4, -0.2) is 18.9 Å². The average Bonchev–Trinajstić information content (AvgIpc) is 2.19. The smallest absolute Gasteiger partial charge is 0.308 e. The van der Waals surface area contributed by atoms with Gasteiger partial charge in [-0.1, -0.05) is 0 Å². The number of esters is 1. The first-order valence-electron chi connectivity index (χ1n) is 4.24. The van der Waals surface area contributed by atoms with Gasteiger partial charge in [0, 0.05) is 19.5 Å². The molecule has 0 saturated carbocycles. The lowest BCUT2D eigenvalue weighted by Crippen LogP contribution is -2.18. The van der Waals surface area contributed by atoms with E-state index in [0.717, 1.165) is 6.07 Å². The maximum Gasteiger partial charge on any atom is 0.308 e. The summed E-state index contributed by atoms with van der Waals surface area (Å²) in [4.78, 5) is 21.7. The van der Waals surface area contributed by atoms with Crippen LogP contribution in [0.5, 0.6) is 5.75 Å². The van der Waals surface area contributed by atoms with E-state index >= 15 is 0 Å². The van der Waals surface area contributed by atoms with Gasteiger partial charge in [0.1, 0.15) is 0 Å². The fraction of sp³-hybridized carbons (Fsp3) is 0.200. The van der Waals surface area contributed by atoms with Gasteiger partial charge in [0.2, 0.25) is 0 Å². The van der Waals surface area contributed by atoms with Gasteiger partial charge in [0.05, 0.1) is 0 Å². The van der Waals surface area contributed by atoms with Crippen LogP contribution in [0.1, 0.15) is 17.3 Å². The van der Waals surface area contributed by atoms with Crippen molar-refractivity contribution in [2.24, 2.45) is 0 Å². The number of rotatable bonds is 2. The molecule has 1 N–H and O–H groups in total.